The van der Waals surface area contributed by atoms with Crippen LogP contribution in [0, 0.1) is 19.3 Å². The van der Waals surface area contributed by atoms with Gasteiger partial charge in [-0.2, -0.15) is 0 Å². The lowest BCUT2D eigenvalue weighted by molar-refractivity contribution is -0.130. The number of carbonyl (C=O) groups is 1. The molecule has 1 N–H and O–H groups in total. The molecular weight excluding hydrogens is 244 g/mol. The average molecular weight is 266 g/mol. The zero-order valence-electron chi connectivity index (χ0n) is 12.3. The number of aromatic nitrogens is 1. The van der Waals surface area contributed by atoms with Crippen molar-refractivity contribution < 1.29 is 14.4 Å². The molecule has 0 radical (unpaired) electrons. The SMILES string of the molecule is Cc1noc(C)c1CC(=O)N1CC(C)(C)C(C)(O)C1. The van der Waals surface area contributed by atoms with E-state index in [1.54, 1.807) is 11.8 Å². The van der Waals surface area contributed by atoms with Crippen LogP contribution in [0.25, 0.3) is 0 Å². The van der Waals surface area contributed by atoms with Crippen molar-refractivity contribution in [3.63, 3.8) is 0 Å². The summed E-state index contributed by atoms with van der Waals surface area (Å²) in [7, 11) is 0. The van der Waals surface area contributed by atoms with Crippen molar-refractivity contribution in [3.8, 4) is 0 Å². The first-order valence-corrected chi connectivity index (χ1v) is 6.56. The third-order valence-electron chi connectivity index (χ3n) is 4.40. The Morgan fingerprint density at radius 2 is 2.00 bits per heavy atom. The van der Waals surface area contributed by atoms with Gasteiger partial charge in [0, 0.05) is 24.1 Å². The fourth-order valence-corrected chi connectivity index (χ4v) is 2.48. The van der Waals surface area contributed by atoms with E-state index in [4.69, 9.17) is 4.52 Å². The predicted molar refractivity (Wildman–Crippen MR) is 70.7 cm³/mol. The summed E-state index contributed by atoms with van der Waals surface area (Å²) in [6.07, 6.45) is 0.285. The quantitative estimate of drug-likeness (QED) is 0.880. The lowest BCUT2D eigenvalue weighted by atomic mass is 9.79. The summed E-state index contributed by atoms with van der Waals surface area (Å²) in [4.78, 5) is 14.1. The molecule has 1 fully saturated rings. The van der Waals surface area contributed by atoms with E-state index in [-0.39, 0.29) is 17.7 Å². The number of carbonyl (C=O) groups excluding carboxylic acids is 1. The maximum atomic E-state index is 12.3. The number of amides is 1. The number of aryl methyl sites for hydroxylation is 2. The Morgan fingerprint density at radius 1 is 1.37 bits per heavy atom. The number of hydrogen-bond donors (Lipinski definition) is 1. The van der Waals surface area contributed by atoms with Crippen LogP contribution in [-0.4, -0.2) is 39.8 Å². The molecule has 2 heterocycles. The zero-order valence-corrected chi connectivity index (χ0v) is 12.3. The largest absolute Gasteiger partial charge is 0.388 e. The van der Waals surface area contributed by atoms with Gasteiger partial charge in [-0.25, -0.2) is 0 Å². The molecule has 2 rings (SSSR count). The molecule has 0 spiro atoms. The van der Waals surface area contributed by atoms with Crippen LogP contribution in [0.5, 0.6) is 0 Å². The molecule has 106 valence electrons. The van der Waals surface area contributed by atoms with Crippen LogP contribution >= 0.6 is 0 Å². The lowest BCUT2D eigenvalue weighted by Gasteiger charge is -2.30. The van der Waals surface area contributed by atoms with Crippen LogP contribution in [0.1, 0.15) is 37.8 Å². The van der Waals surface area contributed by atoms with E-state index in [0.717, 1.165) is 11.3 Å². The standard InChI is InChI=1S/C14H22N2O3/c1-9-11(10(2)19-15-9)6-12(17)16-7-13(3,4)14(5,18)8-16/h18H,6-8H2,1-5H3. The maximum absolute atomic E-state index is 12.3. The van der Waals surface area contributed by atoms with Crippen molar-refractivity contribution in [2.24, 2.45) is 5.41 Å². The highest BCUT2D eigenvalue weighted by atomic mass is 16.5. The van der Waals surface area contributed by atoms with Crippen LogP contribution in [-0.2, 0) is 11.2 Å². The number of nitrogens with zero attached hydrogens (tertiary/aromatic N) is 2. The summed E-state index contributed by atoms with van der Waals surface area (Å²) in [6.45, 7) is 10.4. The molecule has 0 aromatic carbocycles. The number of β-amino-alcohol motifs (C(OH)–C–C–N with tert-alkyl or cyclic N) is 1. The minimum absolute atomic E-state index is 0.0141. The van der Waals surface area contributed by atoms with Gasteiger partial charge in [-0.15, -0.1) is 0 Å². The molecule has 5 nitrogen and oxygen atoms in total. The van der Waals surface area contributed by atoms with Crippen molar-refractivity contribution in [3.05, 3.63) is 17.0 Å². The molecule has 0 saturated carbocycles. The lowest BCUT2D eigenvalue weighted by Crippen LogP contribution is -2.40. The second-order valence-corrected chi connectivity index (χ2v) is 6.39. The number of hydrogen-bond acceptors (Lipinski definition) is 4. The summed E-state index contributed by atoms with van der Waals surface area (Å²) >= 11 is 0. The van der Waals surface area contributed by atoms with Crippen molar-refractivity contribution in [1.29, 1.82) is 0 Å². The van der Waals surface area contributed by atoms with Gasteiger partial charge >= 0.3 is 0 Å². The molecular formula is C14H22N2O3. The molecule has 1 atom stereocenters. The molecule has 1 aliphatic rings. The fraction of sp³-hybridized carbons (Fsp3) is 0.714. The highest BCUT2D eigenvalue weighted by molar-refractivity contribution is 5.79. The van der Waals surface area contributed by atoms with Crippen molar-refractivity contribution in [2.75, 3.05) is 13.1 Å². The molecule has 1 amide bonds. The summed E-state index contributed by atoms with van der Waals surface area (Å²) in [6, 6.07) is 0. The monoisotopic (exact) mass is 266 g/mol. The fourth-order valence-electron chi connectivity index (χ4n) is 2.48. The molecule has 1 unspecified atom stereocenters. The molecule has 1 saturated heterocycles. The van der Waals surface area contributed by atoms with E-state index < -0.39 is 5.60 Å². The van der Waals surface area contributed by atoms with Crippen LogP contribution in [0.3, 0.4) is 0 Å². The number of likely N-dealkylation sites (tertiary alicyclic amines) is 1. The summed E-state index contributed by atoms with van der Waals surface area (Å²) in [5.41, 5.74) is 0.480. The molecule has 0 aliphatic carbocycles. The molecule has 1 aliphatic heterocycles. The summed E-state index contributed by atoms with van der Waals surface area (Å²) < 4.78 is 5.07. The average Bonchev–Trinajstić information content (AvgIpc) is 2.69. The number of rotatable bonds is 2. The molecule has 1 aromatic rings. The first-order valence-electron chi connectivity index (χ1n) is 6.56. The Morgan fingerprint density at radius 3 is 2.42 bits per heavy atom. The Kier molecular flexibility index (Phi) is 3.21. The third-order valence-corrected chi connectivity index (χ3v) is 4.40. The van der Waals surface area contributed by atoms with E-state index >= 15 is 0 Å². The summed E-state index contributed by atoms with van der Waals surface area (Å²) in [5.74, 6) is 0.705. The Bertz CT molecular complexity index is 467. The van der Waals surface area contributed by atoms with E-state index in [0.29, 0.717) is 18.8 Å². The molecule has 19 heavy (non-hydrogen) atoms. The van der Waals surface area contributed by atoms with Crippen LogP contribution in [0.2, 0.25) is 0 Å². The zero-order chi connectivity index (χ0) is 14.4. The van der Waals surface area contributed by atoms with Gasteiger partial charge in [-0.1, -0.05) is 19.0 Å². The van der Waals surface area contributed by atoms with Gasteiger partial charge in [-0.05, 0) is 20.8 Å². The van der Waals surface area contributed by atoms with Gasteiger partial charge in [0.15, 0.2) is 0 Å². The smallest absolute Gasteiger partial charge is 0.227 e. The van der Waals surface area contributed by atoms with E-state index in [9.17, 15) is 9.90 Å². The number of aliphatic hydroxyl groups is 1. The van der Waals surface area contributed by atoms with Crippen LogP contribution in [0.4, 0.5) is 0 Å². The molecule has 1 aromatic heterocycles. The van der Waals surface area contributed by atoms with Gasteiger partial charge in [-0.3, -0.25) is 4.79 Å². The van der Waals surface area contributed by atoms with Crippen molar-refractivity contribution in [2.45, 2.75) is 46.6 Å². The van der Waals surface area contributed by atoms with Crippen LogP contribution in [0.15, 0.2) is 4.52 Å². The summed E-state index contributed by atoms with van der Waals surface area (Å²) in [5, 5.41) is 14.2. The van der Waals surface area contributed by atoms with E-state index in [2.05, 4.69) is 5.16 Å². The second kappa shape index (κ2) is 4.34. The van der Waals surface area contributed by atoms with Crippen molar-refractivity contribution >= 4 is 5.91 Å². The van der Waals surface area contributed by atoms with E-state index in [1.807, 2.05) is 27.7 Å². The normalized spacial score (nSPS) is 25.9. The first kappa shape index (κ1) is 14.1. The Balaban J connectivity index is 2.11. The highest BCUT2D eigenvalue weighted by Crippen LogP contribution is 2.38. The minimum Gasteiger partial charge on any atom is -0.388 e. The van der Waals surface area contributed by atoms with Crippen LogP contribution < -0.4 is 0 Å². The molecule has 0 bridgehead atoms. The van der Waals surface area contributed by atoms with Gasteiger partial charge in [0.05, 0.1) is 17.7 Å². The minimum atomic E-state index is -0.846. The van der Waals surface area contributed by atoms with Gasteiger partial charge in [0.1, 0.15) is 5.76 Å². The van der Waals surface area contributed by atoms with Crippen molar-refractivity contribution in [1.82, 2.24) is 10.1 Å². The van der Waals surface area contributed by atoms with Gasteiger partial charge < -0.3 is 14.5 Å². The van der Waals surface area contributed by atoms with Gasteiger partial charge in [0.2, 0.25) is 5.91 Å². The Labute approximate surface area is 113 Å². The topological polar surface area (TPSA) is 66.6 Å². The van der Waals surface area contributed by atoms with E-state index in [1.165, 1.54) is 0 Å². The maximum Gasteiger partial charge on any atom is 0.227 e. The Hall–Kier alpha value is -1.36. The van der Waals surface area contributed by atoms with Gasteiger partial charge in [0.25, 0.3) is 0 Å². The first-order chi connectivity index (χ1) is 8.64. The second-order valence-electron chi connectivity index (χ2n) is 6.39. The predicted octanol–water partition coefficient (Wildman–Crippen LogP) is 1.45. The third kappa shape index (κ3) is 2.39. The molecule has 5 heteroatoms. The highest BCUT2D eigenvalue weighted by Gasteiger charge is 2.49.